The lowest BCUT2D eigenvalue weighted by Gasteiger charge is -2.17. The monoisotopic (exact) mass is 366 g/mol. The van der Waals surface area contributed by atoms with E-state index in [1.165, 1.54) is 6.92 Å². The molecular formula is C20H22N4O3. The summed E-state index contributed by atoms with van der Waals surface area (Å²) in [6.45, 7) is 6.04. The minimum Gasteiger partial charge on any atom is -0.347 e. The molecule has 0 aliphatic carbocycles. The van der Waals surface area contributed by atoms with Crippen molar-refractivity contribution in [2.24, 2.45) is 0 Å². The van der Waals surface area contributed by atoms with E-state index in [9.17, 15) is 14.4 Å². The first-order chi connectivity index (χ1) is 13.0. The lowest BCUT2D eigenvalue weighted by molar-refractivity contribution is 0.0951. The fourth-order valence-electron chi connectivity index (χ4n) is 3.15. The first-order valence-corrected chi connectivity index (χ1v) is 8.92. The lowest BCUT2D eigenvalue weighted by Crippen LogP contribution is -2.25. The van der Waals surface area contributed by atoms with Crippen molar-refractivity contribution in [1.29, 1.82) is 0 Å². The summed E-state index contributed by atoms with van der Waals surface area (Å²) in [5, 5.41) is 5.50. The largest absolute Gasteiger partial charge is 0.347 e. The number of nitrogens with one attached hydrogen (secondary N) is 2. The number of imidazole rings is 1. The molecule has 0 radical (unpaired) electrons. The normalized spacial score (nSPS) is 12.8. The molecule has 0 bridgehead atoms. The van der Waals surface area contributed by atoms with Gasteiger partial charge in [0.25, 0.3) is 11.8 Å². The van der Waals surface area contributed by atoms with Crippen LogP contribution in [0.15, 0.2) is 36.9 Å². The molecule has 1 aromatic heterocycles. The van der Waals surface area contributed by atoms with Gasteiger partial charge in [-0.15, -0.1) is 6.58 Å². The van der Waals surface area contributed by atoms with E-state index in [4.69, 9.17) is 0 Å². The summed E-state index contributed by atoms with van der Waals surface area (Å²) in [6, 6.07) is 6.74. The van der Waals surface area contributed by atoms with Crippen LogP contribution in [0.4, 0.5) is 5.69 Å². The molecule has 7 nitrogen and oxygen atoms in total. The van der Waals surface area contributed by atoms with Crippen molar-refractivity contribution in [3.63, 3.8) is 0 Å². The number of ketones is 1. The molecule has 27 heavy (non-hydrogen) atoms. The Labute approximate surface area is 157 Å². The van der Waals surface area contributed by atoms with E-state index in [1.54, 1.807) is 30.3 Å². The number of carbonyl (C=O) groups is 3. The molecule has 0 saturated carbocycles. The van der Waals surface area contributed by atoms with Crippen LogP contribution in [0.25, 0.3) is 0 Å². The smallest absolute Gasteiger partial charge is 0.291 e. The second-order valence-electron chi connectivity index (χ2n) is 6.43. The van der Waals surface area contributed by atoms with E-state index in [-0.39, 0.29) is 17.5 Å². The van der Waals surface area contributed by atoms with Gasteiger partial charge in [0.1, 0.15) is 5.69 Å². The predicted octanol–water partition coefficient (Wildman–Crippen LogP) is 2.59. The average Bonchev–Trinajstić information content (AvgIpc) is 3.06. The van der Waals surface area contributed by atoms with Crippen molar-refractivity contribution in [2.45, 2.75) is 32.7 Å². The molecule has 7 heteroatoms. The van der Waals surface area contributed by atoms with Crippen LogP contribution in [0.5, 0.6) is 0 Å². The zero-order valence-electron chi connectivity index (χ0n) is 15.2. The summed E-state index contributed by atoms with van der Waals surface area (Å²) in [5.74, 6) is -0.577. The quantitative estimate of drug-likeness (QED) is 0.607. The van der Waals surface area contributed by atoms with Crippen molar-refractivity contribution in [2.75, 3.05) is 11.9 Å². The summed E-state index contributed by atoms with van der Waals surface area (Å²) in [7, 11) is 0. The number of anilines is 1. The number of hydrogen-bond donors (Lipinski definition) is 2. The third-order valence-corrected chi connectivity index (χ3v) is 4.47. The first kappa shape index (κ1) is 18.6. The van der Waals surface area contributed by atoms with Gasteiger partial charge >= 0.3 is 0 Å². The Morgan fingerprint density at radius 3 is 2.81 bits per heavy atom. The zero-order valence-corrected chi connectivity index (χ0v) is 15.2. The van der Waals surface area contributed by atoms with E-state index >= 15 is 0 Å². The van der Waals surface area contributed by atoms with Gasteiger partial charge in [-0.05, 0) is 38.3 Å². The van der Waals surface area contributed by atoms with Crippen molar-refractivity contribution in [3.8, 4) is 0 Å². The second-order valence-corrected chi connectivity index (χ2v) is 6.43. The highest BCUT2D eigenvalue weighted by atomic mass is 16.2. The molecule has 2 aromatic rings. The number of nitrogens with zero attached hydrogens (tertiary/aromatic N) is 2. The van der Waals surface area contributed by atoms with Gasteiger partial charge < -0.3 is 15.2 Å². The first-order valence-electron chi connectivity index (χ1n) is 8.92. The number of fused-ring (bicyclic) bond motifs is 1. The summed E-state index contributed by atoms with van der Waals surface area (Å²) >= 11 is 0. The van der Waals surface area contributed by atoms with Crippen molar-refractivity contribution < 1.29 is 14.4 Å². The van der Waals surface area contributed by atoms with Gasteiger partial charge in [0.2, 0.25) is 0 Å². The van der Waals surface area contributed by atoms with Crippen LogP contribution in [-0.2, 0) is 13.0 Å². The third-order valence-electron chi connectivity index (χ3n) is 4.47. The minimum absolute atomic E-state index is 0.0783. The minimum atomic E-state index is -0.401. The highest BCUT2D eigenvalue weighted by Crippen LogP contribution is 2.22. The molecule has 1 aliphatic rings. The fourth-order valence-corrected chi connectivity index (χ4v) is 3.15. The van der Waals surface area contributed by atoms with E-state index in [0.29, 0.717) is 36.5 Å². The van der Waals surface area contributed by atoms with E-state index in [0.717, 1.165) is 18.5 Å². The topological polar surface area (TPSA) is 93.1 Å². The highest BCUT2D eigenvalue weighted by molar-refractivity contribution is 6.04. The van der Waals surface area contributed by atoms with Gasteiger partial charge in [-0.1, -0.05) is 18.2 Å². The van der Waals surface area contributed by atoms with Gasteiger partial charge in [-0.3, -0.25) is 14.4 Å². The Morgan fingerprint density at radius 1 is 1.26 bits per heavy atom. The molecule has 2 heterocycles. The van der Waals surface area contributed by atoms with E-state index in [1.807, 2.05) is 4.57 Å². The van der Waals surface area contributed by atoms with Crippen molar-refractivity contribution >= 4 is 23.3 Å². The van der Waals surface area contributed by atoms with Crippen molar-refractivity contribution in [3.05, 3.63) is 59.7 Å². The molecule has 2 N–H and O–H groups in total. The summed E-state index contributed by atoms with van der Waals surface area (Å²) < 4.78 is 1.82. The van der Waals surface area contributed by atoms with Gasteiger partial charge in [0, 0.05) is 24.3 Å². The molecule has 140 valence electrons. The number of rotatable bonds is 6. The number of carbonyl (C=O) groups excluding carboxylic acids is 3. The van der Waals surface area contributed by atoms with Crippen molar-refractivity contribution in [1.82, 2.24) is 14.9 Å². The Balaban J connectivity index is 1.89. The molecule has 0 atom stereocenters. The number of benzene rings is 1. The second kappa shape index (κ2) is 7.99. The Bertz CT molecular complexity index is 914. The molecule has 0 unspecified atom stereocenters. The molecule has 0 saturated heterocycles. The maximum atomic E-state index is 12.8. The predicted molar refractivity (Wildman–Crippen MR) is 102 cm³/mol. The van der Waals surface area contributed by atoms with Crippen LogP contribution >= 0.6 is 0 Å². The lowest BCUT2D eigenvalue weighted by atomic mass is 10.1. The standard InChI is InChI=1S/C20H22N4O3/c1-3-10-21-19(26)17-16-9-4-5-11-24(16)18(23-17)20(27)22-15-8-6-7-14(12-15)13(2)25/h3,6-8,12H,1,4-5,9-11H2,2H3,(H,21,26)(H,22,27). The number of Topliss-reactive ketones (excluding diaryl/α,β-unsaturated/α-hetero) is 1. The Morgan fingerprint density at radius 2 is 2.07 bits per heavy atom. The molecule has 0 spiro atoms. The molecule has 3 rings (SSSR count). The van der Waals surface area contributed by atoms with Crippen LogP contribution in [0.1, 0.15) is 56.9 Å². The van der Waals surface area contributed by atoms with Gasteiger partial charge in [0.05, 0.1) is 5.69 Å². The van der Waals surface area contributed by atoms with Crippen LogP contribution in [0.2, 0.25) is 0 Å². The van der Waals surface area contributed by atoms with Crippen LogP contribution in [0.3, 0.4) is 0 Å². The maximum Gasteiger partial charge on any atom is 0.291 e. The molecule has 2 amide bonds. The molecular weight excluding hydrogens is 344 g/mol. The highest BCUT2D eigenvalue weighted by Gasteiger charge is 2.27. The fraction of sp³-hybridized carbons (Fsp3) is 0.300. The average molecular weight is 366 g/mol. The SMILES string of the molecule is C=CCNC(=O)c1nc(C(=O)Nc2cccc(C(C)=O)c2)n2c1CCCC2. The summed E-state index contributed by atoms with van der Waals surface area (Å²) in [5.41, 5.74) is 2.10. The number of hydrogen-bond acceptors (Lipinski definition) is 4. The molecule has 1 aliphatic heterocycles. The van der Waals surface area contributed by atoms with Gasteiger partial charge in [-0.25, -0.2) is 4.98 Å². The van der Waals surface area contributed by atoms with Crippen LogP contribution in [-0.4, -0.2) is 33.7 Å². The Hall–Kier alpha value is -3.22. The van der Waals surface area contributed by atoms with Crippen LogP contribution < -0.4 is 10.6 Å². The zero-order chi connectivity index (χ0) is 19.4. The third kappa shape index (κ3) is 3.97. The van der Waals surface area contributed by atoms with Gasteiger partial charge in [-0.2, -0.15) is 0 Å². The van der Waals surface area contributed by atoms with Crippen LogP contribution in [0, 0.1) is 0 Å². The van der Waals surface area contributed by atoms with E-state index < -0.39 is 5.91 Å². The molecule has 0 fully saturated rings. The molecule has 1 aromatic carbocycles. The number of aromatic nitrogens is 2. The number of amides is 2. The summed E-state index contributed by atoms with van der Waals surface area (Å²) in [6.07, 6.45) is 4.18. The van der Waals surface area contributed by atoms with E-state index in [2.05, 4.69) is 22.2 Å². The summed E-state index contributed by atoms with van der Waals surface area (Å²) in [4.78, 5) is 41.0. The Kier molecular flexibility index (Phi) is 5.49. The maximum absolute atomic E-state index is 12.8. The van der Waals surface area contributed by atoms with Gasteiger partial charge in [0.15, 0.2) is 11.6 Å².